The number of rotatable bonds is 3. The highest BCUT2D eigenvalue weighted by molar-refractivity contribution is 9.11. The van der Waals surface area contributed by atoms with Crippen LogP contribution >= 0.6 is 47.8 Å². The van der Waals surface area contributed by atoms with Crippen molar-refractivity contribution < 1.29 is 9.94 Å². The van der Waals surface area contributed by atoms with Crippen LogP contribution in [0, 0.1) is 0 Å². The van der Waals surface area contributed by atoms with E-state index in [9.17, 15) is 0 Å². The van der Waals surface area contributed by atoms with E-state index in [1.807, 2.05) is 18.2 Å². The third kappa shape index (κ3) is 3.34. The molecule has 0 saturated heterocycles. The Balaban J connectivity index is 2.46. The van der Waals surface area contributed by atoms with Crippen LogP contribution in [-0.4, -0.2) is 11.0 Å². The van der Waals surface area contributed by atoms with Crippen LogP contribution in [0.1, 0.15) is 5.56 Å². The largest absolute Gasteiger partial charge is 0.455 e. The summed E-state index contributed by atoms with van der Waals surface area (Å²) in [4.78, 5) is 0. The molecule has 2 rings (SSSR count). The minimum atomic E-state index is -0.0271. The summed E-state index contributed by atoms with van der Waals surface area (Å²) >= 11 is 10.2. The highest BCUT2D eigenvalue weighted by atomic mass is 79.9. The van der Waals surface area contributed by atoms with Gasteiger partial charge in [-0.15, -0.1) is 0 Å². The number of benzene rings is 2. The smallest absolute Gasteiger partial charge is 0.175 e. The first kappa shape index (κ1) is 15.3. The van der Waals surface area contributed by atoms with Gasteiger partial charge in [0.15, 0.2) is 5.84 Å². The summed E-state index contributed by atoms with van der Waals surface area (Å²) in [7, 11) is 0. The van der Waals surface area contributed by atoms with Crippen LogP contribution in [0.3, 0.4) is 0 Å². The number of amidine groups is 1. The topological polar surface area (TPSA) is 67.8 Å². The SMILES string of the molecule is N/C(=N/O)c1c(Br)cccc1Oc1ccc(Br)cc1Br. The highest BCUT2D eigenvalue weighted by Gasteiger charge is 2.14. The number of nitrogens with zero attached hydrogens (tertiary/aromatic N) is 1. The Morgan fingerprint density at radius 2 is 1.80 bits per heavy atom. The van der Waals surface area contributed by atoms with Gasteiger partial charge in [-0.05, 0) is 62.2 Å². The van der Waals surface area contributed by atoms with E-state index >= 15 is 0 Å². The van der Waals surface area contributed by atoms with Gasteiger partial charge in [-0.3, -0.25) is 0 Å². The van der Waals surface area contributed by atoms with Crippen molar-refractivity contribution in [2.75, 3.05) is 0 Å². The zero-order valence-electron chi connectivity index (χ0n) is 9.98. The van der Waals surface area contributed by atoms with Crippen LogP contribution in [0.25, 0.3) is 0 Å². The second kappa shape index (κ2) is 6.60. The van der Waals surface area contributed by atoms with Crippen molar-refractivity contribution in [3.63, 3.8) is 0 Å². The Bertz CT molecular complexity index is 675. The maximum atomic E-state index is 8.87. The Morgan fingerprint density at radius 3 is 2.45 bits per heavy atom. The maximum Gasteiger partial charge on any atom is 0.175 e. The van der Waals surface area contributed by atoms with Crippen molar-refractivity contribution in [3.8, 4) is 11.5 Å². The van der Waals surface area contributed by atoms with Crippen LogP contribution in [-0.2, 0) is 0 Å². The Kier molecular flexibility index (Phi) is 5.06. The van der Waals surface area contributed by atoms with Crippen LogP contribution in [0.5, 0.6) is 11.5 Å². The second-order valence-corrected chi connectivity index (χ2v) is 6.40. The predicted molar refractivity (Wildman–Crippen MR) is 88.6 cm³/mol. The number of halogens is 3. The van der Waals surface area contributed by atoms with Crippen LogP contribution < -0.4 is 10.5 Å². The van der Waals surface area contributed by atoms with E-state index < -0.39 is 0 Å². The van der Waals surface area contributed by atoms with Gasteiger partial charge in [-0.25, -0.2) is 0 Å². The van der Waals surface area contributed by atoms with Gasteiger partial charge in [0, 0.05) is 8.95 Å². The molecule has 104 valence electrons. The molecule has 0 saturated carbocycles. The first-order chi connectivity index (χ1) is 9.52. The van der Waals surface area contributed by atoms with Crippen molar-refractivity contribution in [1.29, 1.82) is 0 Å². The van der Waals surface area contributed by atoms with Gasteiger partial charge in [0.1, 0.15) is 11.5 Å². The molecule has 0 heterocycles. The molecular formula is C13H9Br3N2O2. The molecule has 20 heavy (non-hydrogen) atoms. The molecule has 2 aromatic carbocycles. The summed E-state index contributed by atoms with van der Waals surface area (Å²) in [5.74, 6) is 1.08. The first-order valence-electron chi connectivity index (χ1n) is 5.42. The minimum Gasteiger partial charge on any atom is -0.455 e. The second-order valence-electron chi connectivity index (χ2n) is 3.78. The summed E-state index contributed by atoms with van der Waals surface area (Å²) in [6.07, 6.45) is 0. The van der Waals surface area contributed by atoms with E-state index in [-0.39, 0.29) is 5.84 Å². The molecule has 0 aliphatic carbocycles. The molecule has 2 aromatic rings. The zero-order valence-corrected chi connectivity index (χ0v) is 14.7. The summed E-state index contributed by atoms with van der Waals surface area (Å²) in [5, 5.41) is 11.9. The van der Waals surface area contributed by atoms with Crippen LogP contribution in [0.2, 0.25) is 0 Å². The summed E-state index contributed by atoms with van der Waals surface area (Å²) in [6.45, 7) is 0. The minimum absolute atomic E-state index is 0.0271. The third-order valence-electron chi connectivity index (χ3n) is 2.45. The van der Waals surface area contributed by atoms with E-state index in [0.29, 0.717) is 21.5 Å². The molecule has 0 bridgehead atoms. The van der Waals surface area contributed by atoms with Gasteiger partial charge in [-0.1, -0.05) is 27.2 Å². The maximum absolute atomic E-state index is 8.87. The number of ether oxygens (including phenoxy) is 1. The lowest BCUT2D eigenvalue weighted by Crippen LogP contribution is -2.15. The van der Waals surface area contributed by atoms with Gasteiger partial charge in [0.25, 0.3) is 0 Å². The number of hydrogen-bond donors (Lipinski definition) is 2. The van der Waals surface area contributed by atoms with Crippen molar-refractivity contribution in [2.24, 2.45) is 10.9 Å². The van der Waals surface area contributed by atoms with Crippen molar-refractivity contribution in [3.05, 3.63) is 55.4 Å². The average molecular weight is 465 g/mol. The zero-order chi connectivity index (χ0) is 14.7. The Labute approximate surface area is 141 Å². The van der Waals surface area contributed by atoms with E-state index in [1.54, 1.807) is 18.2 Å². The highest BCUT2D eigenvalue weighted by Crippen LogP contribution is 2.35. The van der Waals surface area contributed by atoms with Gasteiger partial charge in [-0.2, -0.15) is 0 Å². The fourth-order valence-electron chi connectivity index (χ4n) is 1.56. The molecule has 0 unspecified atom stereocenters. The molecule has 0 aliphatic heterocycles. The molecule has 0 aliphatic rings. The van der Waals surface area contributed by atoms with E-state index in [0.717, 1.165) is 8.95 Å². The van der Waals surface area contributed by atoms with E-state index in [2.05, 4.69) is 52.9 Å². The predicted octanol–water partition coefficient (Wildman–Crippen LogP) is 4.86. The summed E-state index contributed by atoms with van der Waals surface area (Å²) < 4.78 is 8.23. The Morgan fingerprint density at radius 1 is 1.05 bits per heavy atom. The van der Waals surface area contributed by atoms with Gasteiger partial charge < -0.3 is 15.7 Å². The molecule has 0 atom stereocenters. The van der Waals surface area contributed by atoms with Crippen molar-refractivity contribution >= 4 is 53.6 Å². The van der Waals surface area contributed by atoms with Gasteiger partial charge in [0.2, 0.25) is 0 Å². The van der Waals surface area contributed by atoms with E-state index in [4.69, 9.17) is 15.7 Å². The van der Waals surface area contributed by atoms with Gasteiger partial charge >= 0.3 is 0 Å². The molecule has 0 spiro atoms. The molecular weight excluding hydrogens is 456 g/mol. The van der Waals surface area contributed by atoms with Crippen LogP contribution in [0.15, 0.2) is 55.0 Å². The first-order valence-corrected chi connectivity index (χ1v) is 7.80. The molecule has 0 fully saturated rings. The van der Waals surface area contributed by atoms with Crippen LogP contribution in [0.4, 0.5) is 0 Å². The normalized spacial score (nSPS) is 11.4. The molecule has 0 aromatic heterocycles. The van der Waals surface area contributed by atoms with Crippen molar-refractivity contribution in [1.82, 2.24) is 0 Å². The molecule has 0 amide bonds. The lowest BCUT2D eigenvalue weighted by Gasteiger charge is -2.13. The fourth-order valence-corrected chi connectivity index (χ4v) is 3.24. The third-order valence-corrected chi connectivity index (χ3v) is 4.23. The lowest BCUT2D eigenvalue weighted by molar-refractivity contribution is 0.318. The van der Waals surface area contributed by atoms with E-state index in [1.165, 1.54) is 0 Å². The summed E-state index contributed by atoms with van der Waals surface area (Å²) in [6, 6.07) is 10.9. The quantitative estimate of drug-likeness (QED) is 0.295. The number of hydrogen-bond acceptors (Lipinski definition) is 3. The summed E-state index contributed by atoms with van der Waals surface area (Å²) in [5.41, 5.74) is 6.17. The Hall–Kier alpha value is -1.05. The average Bonchev–Trinajstić information content (AvgIpc) is 2.41. The molecule has 4 nitrogen and oxygen atoms in total. The molecule has 0 radical (unpaired) electrons. The molecule has 7 heteroatoms. The molecule has 3 N–H and O–H groups in total. The van der Waals surface area contributed by atoms with Gasteiger partial charge in [0.05, 0.1) is 10.0 Å². The van der Waals surface area contributed by atoms with Crippen molar-refractivity contribution in [2.45, 2.75) is 0 Å². The standard InChI is InChI=1S/C13H9Br3N2O2/c14-7-4-5-10(9(16)6-7)20-11-3-1-2-8(15)12(11)13(17)18-19/h1-6,19H,(H2,17,18). The fraction of sp³-hybridized carbons (Fsp3) is 0. The monoisotopic (exact) mass is 462 g/mol. The number of nitrogens with two attached hydrogens (primary N) is 1. The lowest BCUT2D eigenvalue weighted by atomic mass is 10.2. The number of oxime groups is 1.